The molecule has 3 aromatic rings. The molecule has 3 rings (SSSR count). The van der Waals surface area contributed by atoms with Crippen molar-refractivity contribution in [1.82, 2.24) is 9.97 Å². The maximum atomic E-state index is 9.41. The summed E-state index contributed by atoms with van der Waals surface area (Å²) in [5.74, 6) is 0. The molecule has 0 aliphatic carbocycles. The summed E-state index contributed by atoms with van der Waals surface area (Å²) in [6.07, 6.45) is 8.41. The highest BCUT2D eigenvalue weighted by atomic mass is 15.1. The van der Waals surface area contributed by atoms with E-state index in [1.54, 1.807) is 18.6 Å². The van der Waals surface area contributed by atoms with Crippen LogP contribution < -0.4 is 4.90 Å². The number of rotatable bonds is 6. The SMILES string of the molecule is CN(CCCCc1ccccc1)c1c(C#N)cnc2cnccc12. The second kappa shape index (κ2) is 7.56. The van der Waals surface area contributed by atoms with Crippen molar-refractivity contribution in [3.8, 4) is 6.07 Å². The Morgan fingerprint density at radius 1 is 1.08 bits per heavy atom. The summed E-state index contributed by atoms with van der Waals surface area (Å²) in [7, 11) is 2.04. The first-order chi connectivity index (χ1) is 11.8. The fourth-order valence-corrected chi connectivity index (χ4v) is 2.96. The fraction of sp³-hybridized carbons (Fsp3) is 0.250. The summed E-state index contributed by atoms with van der Waals surface area (Å²) >= 11 is 0. The molecule has 1 aromatic carbocycles. The number of nitrogens with zero attached hydrogens (tertiary/aromatic N) is 4. The molecule has 0 radical (unpaired) electrons. The summed E-state index contributed by atoms with van der Waals surface area (Å²) in [5, 5.41) is 10.4. The Morgan fingerprint density at radius 2 is 1.92 bits per heavy atom. The second-order valence-corrected chi connectivity index (χ2v) is 5.89. The quantitative estimate of drug-likeness (QED) is 0.646. The zero-order valence-electron chi connectivity index (χ0n) is 13.8. The van der Waals surface area contributed by atoms with Crippen LogP contribution in [-0.2, 0) is 6.42 Å². The van der Waals surface area contributed by atoms with E-state index in [0.717, 1.165) is 42.4 Å². The predicted molar refractivity (Wildman–Crippen MR) is 96.9 cm³/mol. The minimum atomic E-state index is 0.610. The number of nitriles is 1. The van der Waals surface area contributed by atoms with Crippen molar-refractivity contribution >= 4 is 16.6 Å². The van der Waals surface area contributed by atoms with Crippen LogP contribution in [0.1, 0.15) is 24.0 Å². The maximum Gasteiger partial charge on any atom is 0.103 e. The molecular formula is C20H20N4. The van der Waals surface area contributed by atoms with Gasteiger partial charge in [0.15, 0.2) is 0 Å². The van der Waals surface area contributed by atoms with Crippen molar-refractivity contribution in [2.24, 2.45) is 0 Å². The molecule has 24 heavy (non-hydrogen) atoms. The Labute approximate surface area is 142 Å². The first-order valence-electron chi connectivity index (χ1n) is 8.17. The van der Waals surface area contributed by atoms with Crippen LogP contribution >= 0.6 is 0 Å². The van der Waals surface area contributed by atoms with Crippen LogP contribution in [-0.4, -0.2) is 23.6 Å². The molecular weight excluding hydrogens is 296 g/mol. The van der Waals surface area contributed by atoms with Gasteiger partial charge in [0.2, 0.25) is 0 Å². The number of pyridine rings is 2. The van der Waals surface area contributed by atoms with E-state index >= 15 is 0 Å². The predicted octanol–water partition coefficient (Wildman–Crippen LogP) is 3.96. The zero-order chi connectivity index (χ0) is 16.8. The molecule has 2 aromatic heterocycles. The first kappa shape index (κ1) is 15.9. The van der Waals surface area contributed by atoms with Gasteiger partial charge in [-0.25, -0.2) is 0 Å². The fourth-order valence-electron chi connectivity index (χ4n) is 2.96. The highest BCUT2D eigenvalue weighted by Gasteiger charge is 2.12. The number of fused-ring (bicyclic) bond motifs is 1. The smallest absolute Gasteiger partial charge is 0.103 e. The number of benzene rings is 1. The van der Waals surface area contributed by atoms with Gasteiger partial charge >= 0.3 is 0 Å². The van der Waals surface area contributed by atoms with Crippen LogP contribution in [0.25, 0.3) is 10.9 Å². The Morgan fingerprint density at radius 3 is 2.71 bits per heavy atom. The zero-order valence-corrected chi connectivity index (χ0v) is 13.8. The minimum absolute atomic E-state index is 0.610. The molecule has 4 heteroatoms. The molecule has 0 saturated heterocycles. The van der Waals surface area contributed by atoms with Crippen molar-refractivity contribution in [3.63, 3.8) is 0 Å². The molecule has 4 nitrogen and oxygen atoms in total. The molecule has 0 bridgehead atoms. The number of hydrogen-bond acceptors (Lipinski definition) is 4. The lowest BCUT2D eigenvalue weighted by Gasteiger charge is -2.22. The van der Waals surface area contributed by atoms with E-state index in [2.05, 4.69) is 45.2 Å². The van der Waals surface area contributed by atoms with E-state index < -0.39 is 0 Å². The third-order valence-corrected chi connectivity index (χ3v) is 4.20. The van der Waals surface area contributed by atoms with Gasteiger partial charge in [-0.3, -0.25) is 9.97 Å². The highest BCUT2D eigenvalue weighted by molar-refractivity contribution is 5.93. The van der Waals surface area contributed by atoms with Crippen LogP contribution in [0.2, 0.25) is 0 Å². The Bertz CT molecular complexity index is 852. The molecule has 0 atom stereocenters. The summed E-state index contributed by atoms with van der Waals surface area (Å²) in [4.78, 5) is 10.6. The second-order valence-electron chi connectivity index (χ2n) is 5.89. The van der Waals surface area contributed by atoms with Gasteiger partial charge in [0.25, 0.3) is 0 Å². The monoisotopic (exact) mass is 316 g/mol. The van der Waals surface area contributed by atoms with E-state index in [1.807, 2.05) is 19.2 Å². The Balaban J connectivity index is 1.69. The topological polar surface area (TPSA) is 52.8 Å². The number of unbranched alkanes of at least 4 members (excludes halogenated alkanes) is 1. The van der Waals surface area contributed by atoms with Crippen molar-refractivity contribution in [1.29, 1.82) is 5.26 Å². The van der Waals surface area contributed by atoms with Crippen molar-refractivity contribution < 1.29 is 0 Å². The van der Waals surface area contributed by atoms with E-state index in [1.165, 1.54) is 5.56 Å². The van der Waals surface area contributed by atoms with E-state index in [9.17, 15) is 5.26 Å². The van der Waals surface area contributed by atoms with E-state index in [-0.39, 0.29) is 0 Å². The maximum absolute atomic E-state index is 9.41. The molecule has 0 saturated carbocycles. The third-order valence-electron chi connectivity index (χ3n) is 4.20. The molecule has 0 amide bonds. The van der Waals surface area contributed by atoms with Gasteiger partial charge < -0.3 is 4.90 Å². The summed E-state index contributed by atoms with van der Waals surface area (Å²) in [6, 6.07) is 14.7. The standard InChI is InChI=1S/C20H20N4/c1-24(12-6-5-9-16-7-3-2-4-8-16)20-17(13-21)14-23-19-15-22-11-10-18(19)20/h2-4,7-8,10-11,14-15H,5-6,9,12H2,1H3. The van der Waals surface area contributed by atoms with Gasteiger partial charge in [-0.15, -0.1) is 0 Å². The Kier molecular flexibility index (Phi) is 5.02. The molecule has 0 N–H and O–H groups in total. The van der Waals surface area contributed by atoms with Crippen LogP contribution in [0.5, 0.6) is 0 Å². The van der Waals surface area contributed by atoms with Crippen molar-refractivity contribution in [3.05, 3.63) is 66.1 Å². The molecule has 0 fully saturated rings. The normalized spacial score (nSPS) is 10.5. The summed E-state index contributed by atoms with van der Waals surface area (Å²) in [6.45, 7) is 0.906. The van der Waals surface area contributed by atoms with Crippen molar-refractivity contribution in [2.45, 2.75) is 19.3 Å². The number of anilines is 1. The molecule has 120 valence electrons. The lowest BCUT2D eigenvalue weighted by Crippen LogP contribution is -2.20. The molecule has 0 aliphatic heterocycles. The van der Waals surface area contributed by atoms with Crippen LogP contribution in [0.3, 0.4) is 0 Å². The average molecular weight is 316 g/mol. The third kappa shape index (κ3) is 3.52. The number of aryl methyl sites for hydroxylation is 1. The average Bonchev–Trinajstić information content (AvgIpc) is 2.65. The largest absolute Gasteiger partial charge is 0.373 e. The van der Waals surface area contributed by atoms with Gasteiger partial charge in [0, 0.05) is 31.4 Å². The summed E-state index contributed by atoms with van der Waals surface area (Å²) < 4.78 is 0. The van der Waals surface area contributed by atoms with Crippen LogP contribution in [0, 0.1) is 11.3 Å². The van der Waals surface area contributed by atoms with Gasteiger partial charge in [0.05, 0.1) is 23.0 Å². The van der Waals surface area contributed by atoms with Crippen LogP contribution in [0.15, 0.2) is 55.0 Å². The minimum Gasteiger partial charge on any atom is -0.373 e. The van der Waals surface area contributed by atoms with Gasteiger partial charge in [-0.05, 0) is 30.9 Å². The Hall–Kier alpha value is -2.93. The van der Waals surface area contributed by atoms with Gasteiger partial charge in [0.1, 0.15) is 6.07 Å². The van der Waals surface area contributed by atoms with Crippen molar-refractivity contribution in [2.75, 3.05) is 18.5 Å². The molecule has 2 heterocycles. The van der Waals surface area contributed by atoms with Gasteiger partial charge in [-0.1, -0.05) is 30.3 Å². The molecule has 0 unspecified atom stereocenters. The first-order valence-corrected chi connectivity index (χ1v) is 8.17. The lowest BCUT2D eigenvalue weighted by molar-refractivity contribution is 0.720. The van der Waals surface area contributed by atoms with Gasteiger partial charge in [-0.2, -0.15) is 5.26 Å². The number of aromatic nitrogens is 2. The van der Waals surface area contributed by atoms with Crippen LogP contribution in [0.4, 0.5) is 5.69 Å². The number of hydrogen-bond donors (Lipinski definition) is 0. The lowest BCUT2D eigenvalue weighted by atomic mass is 10.1. The summed E-state index contributed by atoms with van der Waals surface area (Å²) in [5.41, 5.74) is 3.75. The van der Waals surface area contributed by atoms with E-state index in [0.29, 0.717) is 5.56 Å². The molecule has 0 aliphatic rings. The molecule has 0 spiro atoms. The highest BCUT2D eigenvalue weighted by Crippen LogP contribution is 2.28. The van der Waals surface area contributed by atoms with E-state index in [4.69, 9.17) is 0 Å².